The number of para-hydroxylation sites is 1. The summed E-state index contributed by atoms with van der Waals surface area (Å²) in [6.07, 6.45) is 4.05. The zero-order chi connectivity index (χ0) is 45.4. The number of nitrogens with zero attached hydrogens (tertiary/aromatic N) is 2. The van der Waals surface area contributed by atoms with Crippen LogP contribution in [-0.2, 0) is 17.8 Å². The van der Waals surface area contributed by atoms with E-state index in [0.717, 1.165) is 65.1 Å². The third-order valence-electron chi connectivity index (χ3n) is 14.2. The fraction of sp³-hybridized carbons (Fsp3) is 0.286. The van der Waals surface area contributed by atoms with Gasteiger partial charge < -0.3 is 13.9 Å². The van der Waals surface area contributed by atoms with Gasteiger partial charge in [0.2, 0.25) is 5.82 Å². The molecule has 10 rings (SSSR count). The second-order valence-corrected chi connectivity index (χ2v) is 24.1. The summed E-state index contributed by atoms with van der Waals surface area (Å²) in [5.74, 6) is -9.64. The molecule has 6 aromatic carbocycles. The lowest BCUT2D eigenvalue weighted by molar-refractivity contribution is -0.00471. The minimum atomic E-state index is -2.82. The third kappa shape index (κ3) is 7.17. The van der Waals surface area contributed by atoms with Gasteiger partial charge in [-0.1, -0.05) is 141 Å². The van der Waals surface area contributed by atoms with Crippen molar-refractivity contribution in [2.45, 2.75) is 95.7 Å². The van der Waals surface area contributed by atoms with Crippen molar-refractivity contribution >= 4 is 29.9 Å². The van der Waals surface area contributed by atoms with Crippen LogP contribution in [0.1, 0.15) is 96.5 Å². The predicted molar refractivity (Wildman–Crippen MR) is 255 cm³/mol. The van der Waals surface area contributed by atoms with Gasteiger partial charge in [-0.15, -0.1) is 0 Å². The fourth-order valence-electron chi connectivity index (χ4n) is 11.4. The molecule has 0 bridgehead atoms. The second kappa shape index (κ2) is 16.6. The minimum absolute atomic E-state index is 0.0576. The molecule has 2 aliphatic carbocycles. The Morgan fingerprint density at radius 3 is 1.72 bits per heavy atom. The average Bonchev–Trinajstić information content (AvgIpc) is 4.01. The van der Waals surface area contributed by atoms with Crippen LogP contribution in [0.25, 0.3) is 44.3 Å². The van der Waals surface area contributed by atoms with Gasteiger partial charge in [-0.3, -0.25) is 0 Å². The van der Waals surface area contributed by atoms with Crippen molar-refractivity contribution in [1.29, 1.82) is 0 Å². The molecule has 0 saturated heterocycles. The van der Waals surface area contributed by atoms with Gasteiger partial charge in [0.25, 0.3) is 0 Å². The molecule has 3 nitrogen and oxygen atoms in total. The van der Waals surface area contributed by atoms with E-state index in [4.69, 9.17) is 4.74 Å². The maximum absolute atomic E-state index is 15.7. The van der Waals surface area contributed by atoms with Crippen LogP contribution < -0.4 is 0 Å². The van der Waals surface area contributed by atoms with E-state index >= 15 is 8.78 Å². The molecule has 0 radical (unpaired) electrons. The van der Waals surface area contributed by atoms with Gasteiger partial charge >= 0.3 is 0 Å². The first-order valence-electron chi connectivity index (χ1n) is 22.9. The van der Waals surface area contributed by atoms with Crippen molar-refractivity contribution in [2.24, 2.45) is 0 Å². The van der Waals surface area contributed by atoms with E-state index in [0.29, 0.717) is 18.7 Å². The van der Waals surface area contributed by atoms with Gasteiger partial charge in [-0.2, -0.15) is 0 Å². The molecule has 2 aromatic heterocycles. The monoisotopic (exact) mass is 892 g/mol. The number of hydrogen-bond donors (Lipinski definition) is 0. The Bertz CT molecular complexity index is 3100. The number of aryl methyl sites for hydroxylation is 1. The summed E-state index contributed by atoms with van der Waals surface area (Å²) in [6.45, 7) is 11.8. The molecule has 65 heavy (non-hydrogen) atoms. The summed E-state index contributed by atoms with van der Waals surface area (Å²) in [5, 5.41) is 2.19. The van der Waals surface area contributed by atoms with Gasteiger partial charge in [0, 0.05) is 62.7 Å². The molecule has 0 aliphatic heterocycles. The summed E-state index contributed by atoms with van der Waals surface area (Å²) in [4.78, 5) is 0. The molecule has 0 fully saturated rings. The zero-order valence-electron chi connectivity index (χ0n) is 37.6. The highest BCUT2D eigenvalue weighted by Gasteiger charge is 2.54. The third-order valence-corrected chi connectivity index (χ3v) is 19.4. The van der Waals surface area contributed by atoms with Gasteiger partial charge in [0.05, 0.1) is 31.6 Å². The van der Waals surface area contributed by atoms with Crippen LogP contribution in [-0.4, -0.2) is 29.4 Å². The van der Waals surface area contributed by atoms with E-state index in [1.165, 1.54) is 38.9 Å². The Labute approximate surface area is 378 Å². The Morgan fingerprint density at radius 1 is 0.554 bits per heavy atom. The zero-order valence-corrected chi connectivity index (χ0v) is 38.6. The van der Waals surface area contributed by atoms with Crippen LogP contribution in [0.3, 0.4) is 0 Å². The van der Waals surface area contributed by atoms with Crippen molar-refractivity contribution in [3.8, 4) is 22.5 Å². The van der Waals surface area contributed by atoms with Crippen LogP contribution >= 0.6 is 0 Å². The number of rotatable bonds is 13. The van der Waals surface area contributed by atoms with Gasteiger partial charge in [0.15, 0.2) is 23.3 Å². The number of hydrogen-bond acceptors (Lipinski definition) is 1. The number of ether oxygens (including phenoxy) is 1. The van der Waals surface area contributed by atoms with Crippen molar-refractivity contribution in [3.05, 3.63) is 189 Å². The van der Waals surface area contributed by atoms with Crippen LogP contribution in [0.15, 0.2) is 121 Å². The molecule has 332 valence electrons. The highest BCUT2D eigenvalue weighted by Crippen LogP contribution is 2.62. The molecule has 8 aromatic rings. The first-order valence-corrected chi connectivity index (χ1v) is 25.7. The Morgan fingerprint density at radius 2 is 1.08 bits per heavy atom. The quantitative estimate of drug-likeness (QED) is 0.0371. The van der Waals surface area contributed by atoms with Gasteiger partial charge in [-0.05, 0) is 80.1 Å². The molecule has 0 spiro atoms. The molecule has 9 heteroatoms. The number of aromatic nitrogens is 2. The number of benzene rings is 6. The lowest BCUT2D eigenvalue weighted by Gasteiger charge is -2.41. The summed E-state index contributed by atoms with van der Waals surface area (Å²) < 4.78 is 86.0. The molecule has 2 aliphatic rings. The molecular weight excluding hydrogens is 840 g/mol. The van der Waals surface area contributed by atoms with Crippen molar-refractivity contribution < 1.29 is 26.7 Å². The Balaban J connectivity index is 1.20. The fourth-order valence-corrected chi connectivity index (χ4v) is 17.2. The Hall–Kier alpha value is -5.77. The largest absolute Gasteiger partial charge is 0.376 e. The van der Waals surface area contributed by atoms with Gasteiger partial charge in [0.1, 0.15) is 0 Å². The normalized spacial score (nSPS) is 16.2. The van der Waals surface area contributed by atoms with E-state index in [2.05, 4.69) is 135 Å². The highest BCUT2D eigenvalue weighted by molar-refractivity contribution is 6.83. The smallest absolute Gasteiger partial charge is 0.200 e. The molecule has 0 saturated carbocycles. The lowest BCUT2D eigenvalue weighted by Crippen LogP contribution is -2.45. The maximum atomic E-state index is 15.7. The van der Waals surface area contributed by atoms with E-state index in [-0.39, 0.29) is 16.7 Å². The summed E-state index contributed by atoms with van der Waals surface area (Å²) in [5.41, 5.74) is 12.2. The van der Waals surface area contributed by atoms with Crippen LogP contribution in [0, 0.1) is 36.0 Å². The van der Waals surface area contributed by atoms with Crippen molar-refractivity contribution in [1.82, 2.24) is 9.13 Å². The number of unbranched alkanes of at least 4 members (excludes halogenated alkanes) is 3. The SMILES string of the molecule is Cc1ccc2c(c1)c1c(n2Cc2c(F)c(F)c(F)c(F)c2F)-c2ccccc2C1[Si](C)(CCCCCCOC(C)(C)C)C1c2ccccc2-c2c1c1ccccc1n2Cc1ccccc1. The number of fused-ring (bicyclic) bond motifs is 10. The van der Waals surface area contributed by atoms with E-state index in [9.17, 15) is 13.2 Å². The molecule has 3 unspecified atom stereocenters. The van der Waals surface area contributed by atoms with Crippen LogP contribution in [0.2, 0.25) is 12.6 Å². The van der Waals surface area contributed by atoms with E-state index in [1.54, 1.807) is 0 Å². The molecule has 0 N–H and O–H groups in total. The lowest BCUT2D eigenvalue weighted by atomic mass is 10.1. The van der Waals surface area contributed by atoms with Crippen molar-refractivity contribution in [3.63, 3.8) is 0 Å². The standard InChI is InChI=1S/C56H53F5N2OSi/c1-34-27-28-44-41(31-34)46-53(63(44)33-42-47(57)49(59)51(61)50(60)48(42)58)37-22-12-14-24-39(37)55(46)65(5,30-18-7-6-17-29-64-56(2,3)4)54-38-23-13-11-21-36(38)52-45(54)40-25-15-16-26-43(40)62(52)32-35-19-9-8-10-20-35/h8-16,19-28,31,54-55H,6-7,17-18,29-30,32-33H2,1-5H3. The first-order chi connectivity index (χ1) is 31.3. The molecular formula is C56H53F5N2OSi. The average molecular weight is 893 g/mol. The molecule has 3 atom stereocenters. The Kier molecular flexibility index (Phi) is 11.0. The minimum Gasteiger partial charge on any atom is -0.376 e. The summed E-state index contributed by atoms with van der Waals surface area (Å²) >= 11 is 0. The first kappa shape index (κ1) is 43.1. The topological polar surface area (TPSA) is 19.1 Å². The van der Waals surface area contributed by atoms with Gasteiger partial charge in [-0.25, -0.2) is 22.0 Å². The van der Waals surface area contributed by atoms with Crippen LogP contribution in [0.4, 0.5) is 22.0 Å². The summed E-state index contributed by atoms with van der Waals surface area (Å²) in [7, 11) is -2.82. The molecule has 0 amide bonds. The second-order valence-electron chi connectivity index (χ2n) is 19.4. The highest BCUT2D eigenvalue weighted by atomic mass is 28.3. The van der Waals surface area contributed by atoms with E-state index < -0.39 is 49.3 Å². The van der Waals surface area contributed by atoms with Crippen LogP contribution in [0.5, 0.6) is 0 Å². The molecule has 2 heterocycles. The predicted octanol–water partition coefficient (Wildman–Crippen LogP) is 15.2. The maximum Gasteiger partial charge on any atom is 0.200 e. The number of halogens is 5. The van der Waals surface area contributed by atoms with E-state index in [1.807, 2.05) is 29.7 Å². The van der Waals surface area contributed by atoms with Crippen molar-refractivity contribution in [2.75, 3.05) is 6.61 Å². The summed E-state index contributed by atoms with van der Waals surface area (Å²) in [6, 6.07) is 43.7.